The number of hydrogen-bond donors (Lipinski definition) is 3. The van der Waals surface area contributed by atoms with Gasteiger partial charge in [0.05, 0.1) is 24.9 Å². The quantitative estimate of drug-likeness (QED) is 0.528. The Hall–Kier alpha value is -2.45. The number of rotatable bonds is 7. The number of benzene rings is 1. The first kappa shape index (κ1) is 21.3. The third-order valence-corrected chi connectivity index (χ3v) is 4.76. The average molecular weight is 435 g/mol. The van der Waals surface area contributed by atoms with Gasteiger partial charge in [-0.1, -0.05) is 23.2 Å². The summed E-state index contributed by atoms with van der Waals surface area (Å²) in [4.78, 5) is 21.3. The monoisotopic (exact) mass is 434 g/mol. The molecule has 9 heteroatoms. The van der Waals surface area contributed by atoms with Gasteiger partial charge in [-0.15, -0.1) is 0 Å². The molecule has 0 saturated heterocycles. The number of aliphatic hydroxyl groups excluding tert-OH is 2. The third kappa shape index (κ3) is 5.13. The van der Waals surface area contributed by atoms with Gasteiger partial charge in [-0.2, -0.15) is 0 Å². The minimum Gasteiger partial charge on any atom is -0.394 e. The number of halogens is 2. The summed E-state index contributed by atoms with van der Waals surface area (Å²) in [6, 6.07) is 8.96. The van der Waals surface area contributed by atoms with Crippen LogP contribution >= 0.6 is 23.2 Å². The van der Waals surface area contributed by atoms with Gasteiger partial charge in [-0.05, 0) is 42.8 Å². The Morgan fingerprint density at radius 1 is 1.10 bits per heavy atom. The summed E-state index contributed by atoms with van der Waals surface area (Å²) in [6.45, 7) is 1.45. The van der Waals surface area contributed by atoms with Gasteiger partial charge in [0, 0.05) is 40.1 Å². The van der Waals surface area contributed by atoms with E-state index < -0.39 is 6.04 Å². The normalized spacial score (nSPS) is 13.1. The lowest BCUT2D eigenvalue weighted by atomic mass is 10.1. The second-order valence-electron chi connectivity index (χ2n) is 6.56. The van der Waals surface area contributed by atoms with Crippen LogP contribution in [-0.4, -0.2) is 44.0 Å². The van der Waals surface area contributed by atoms with E-state index in [0.29, 0.717) is 32.8 Å². The van der Waals surface area contributed by atoms with E-state index in [1.807, 2.05) is 0 Å². The smallest absolute Gasteiger partial charge is 0.251 e. The van der Waals surface area contributed by atoms with E-state index in [4.69, 9.17) is 28.3 Å². The highest BCUT2D eigenvalue weighted by Gasteiger charge is 2.16. The molecule has 2 unspecified atom stereocenters. The van der Waals surface area contributed by atoms with Crippen LogP contribution in [0, 0.1) is 0 Å². The first-order valence-electron chi connectivity index (χ1n) is 8.91. The zero-order valence-corrected chi connectivity index (χ0v) is 17.1. The molecular weight excluding hydrogens is 415 g/mol. The van der Waals surface area contributed by atoms with Gasteiger partial charge in [-0.3, -0.25) is 4.79 Å². The predicted molar refractivity (Wildman–Crippen MR) is 114 cm³/mol. The van der Waals surface area contributed by atoms with Crippen molar-refractivity contribution in [2.24, 2.45) is 0 Å². The van der Waals surface area contributed by atoms with Crippen LogP contribution in [0.15, 0.2) is 53.6 Å². The Labute approximate surface area is 177 Å². The molecule has 3 rings (SSSR count). The third-order valence-electron chi connectivity index (χ3n) is 4.33. The maximum Gasteiger partial charge on any atom is 0.251 e. The highest BCUT2D eigenvalue weighted by molar-refractivity contribution is 6.34. The number of aromatic nitrogens is 3. The maximum absolute atomic E-state index is 12.8. The molecule has 3 N–H and O–H groups in total. The van der Waals surface area contributed by atoms with E-state index in [2.05, 4.69) is 15.3 Å². The molecule has 1 aromatic carbocycles. The molecule has 0 amide bonds. The molecule has 7 nitrogen and oxygen atoms in total. The van der Waals surface area contributed by atoms with Gasteiger partial charge < -0.3 is 20.1 Å². The van der Waals surface area contributed by atoms with Crippen molar-refractivity contribution < 1.29 is 10.2 Å². The highest BCUT2D eigenvalue weighted by atomic mass is 35.5. The Kier molecular flexibility index (Phi) is 6.87. The van der Waals surface area contributed by atoms with Gasteiger partial charge in [-0.25, -0.2) is 9.97 Å². The average Bonchev–Trinajstić information content (AvgIpc) is 2.69. The molecular formula is C20H20Cl2N4O3. The Balaban J connectivity index is 1.94. The van der Waals surface area contributed by atoms with Crippen molar-refractivity contribution >= 4 is 29.2 Å². The fourth-order valence-electron chi connectivity index (χ4n) is 2.88. The van der Waals surface area contributed by atoms with Crippen molar-refractivity contribution in [3.8, 4) is 11.3 Å². The van der Waals surface area contributed by atoms with E-state index in [1.165, 1.54) is 10.6 Å². The molecule has 0 aliphatic carbocycles. The van der Waals surface area contributed by atoms with E-state index in [-0.39, 0.29) is 24.8 Å². The molecule has 2 atom stereocenters. The van der Waals surface area contributed by atoms with E-state index in [1.54, 1.807) is 49.6 Å². The van der Waals surface area contributed by atoms with E-state index in [0.717, 1.165) is 0 Å². The summed E-state index contributed by atoms with van der Waals surface area (Å²) in [5.74, 6) is 0.357. The molecule has 29 heavy (non-hydrogen) atoms. The second kappa shape index (κ2) is 9.37. The van der Waals surface area contributed by atoms with Crippen LogP contribution in [0.3, 0.4) is 0 Å². The summed E-state index contributed by atoms with van der Waals surface area (Å²) in [6.07, 6.45) is 3.17. The Morgan fingerprint density at radius 2 is 1.83 bits per heavy atom. The molecule has 0 saturated carbocycles. The molecule has 152 valence electrons. The van der Waals surface area contributed by atoms with Crippen molar-refractivity contribution in [1.82, 2.24) is 14.5 Å². The summed E-state index contributed by atoms with van der Waals surface area (Å²) in [5, 5.41) is 22.9. The highest BCUT2D eigenvalue weighted by Crippen LogP contribution is 2.26. The lowest BCUT2D eigenvalue weighted by Gasteiger charge is -2.19. The van der Waals surface area contributed by atoms with Crippen LogP contribution in [0.2, 0.25) is 10.0 Å². The number of anilines is 1. The predicted octanol–water partition coefficient (Wildman–Crippen LogP) is 2.99. The van der Waals surface area contributed by atoms with Crippen molar-refractivity contribution in [3.05, 3.63) is 74.8 Å². The summed E-state index contributed by atoms with van der Waals surface area (Å²) >= 11 is 12.1. The van der Waals surface area contributed by atoms with Gasteiger partial charge in [0.15, 0.2) is 0 Å². The SMILES string of the molecule is CC(CO)Nc1nccc(-c2ccn(C(CO)c3cc(Cl)cc(Cl)c3)c(=O)c2)n1. The number of pyridine rings is 1. The first-order valence-corrected chi connectivity index (χ1v) is 9.66. The van der Waals surface area contributed by atoms with Gasteiger partial charge >= 0.3 is 0 Å². The zero-order chi connectivity index (χ0) is 21.0. The molecule has 0 radical (unpaired) electrons. The molecule has 2 aromatic heterocycles. The second-order valence-corrected chi connectivity index (χ2v) is 7.43. The molecule has 0 aliphatic rings. The van der Waals surface area contributed by atoms with Gasteiger partial charge in [0.25, 0.3) is 5.56 Å². The van der Waals surface area contributed by atoms with E-state index >= 15 is 0 Å². The topological polar surface area (TPSA) is 100 Å². The van der Waals surface area contributed by atoms with Crippen molar-refractivity contribution in [3.63, 3.8) is 0 Å². The van der Waals surface area contributed by atoms with Gasteiger partial charge in [0.2, 0.25) is 5.95 Å². The minimum atomic E-state index is -0.624. The zero-order valence-electron chi connectivity index (χ0n) is 15.6. The fourth-order valence-corrected chi connectivity index (χ4v) is 3.43. The largest absolute Gasteiger partial charge is 0.394 e. The molecule has 0 bridgehead atoms. The Bertz CT molecular complexity index is 1040. The standard InChI is InChI=1S/C20H20Cl2N4O3/c1-12(10-27)24-20-23-4-2-17(25-20)13-3-5-26(19(29)8-13)18(11-28)14-6-15(21)9-16(22)7-14/h2-9,12,18,27-28H,10-11H2,1H3,(H,23,24,25). The number of hydrogen-bond acceptors (Lipinski definition) is 6. The maximum atomic E-state index is 12.8. The van der Waals surface area contributed by atoms with Crippen LogP contribution < -0.4 is 10.9 Å². The number of aliphatic hydroxyl groups is 2. The molecule has 0 spiro atoms. The van der Waals surface area contributed by atoms with Crippen molar-refractivity contribution in [2.75, 3.05) is 18.5 Å². The van der Waals surface area contributed by atoms with Crippen LogP contribution in [-0.2, 0) is 0 Å². The van der Waals surface area contributed by atoms with Crippen molar-refractivity contribution in [2.45, 2.75) is 19.0 Å². The van der Waals surface area contributed by atoms with Crippen LogP contribution in [0.4, 0.5) is 5.95 Å². The number of nitrogens with zero attached hydrogens (tertiary/aromatic N) is 3. The van der Waals surface area contributed by atoms with Crippen LogP contribution in [0.1, 0.15) is 18.5 Å². The minimum absolute atomic E-state index is 0.0559. The van der Waals surface area contributed by atoms with E-state index in [9.17, 15) is 9.90 Å². The lowest BCUT2D eigenvalue weighted by Crippen LogP contribution is -2.27. The van der Waals surface area contributed by atoms with Crippen LogP contribution in [0.25, 0.3) is 11.3 Å². The molecule has 3 aromatic rings. The first-order chi connectivity index (χ1) is 13.9. The number of nitrogens with one attached hydrogen (secondary N) is 1. The lowest BCUT2D eigenvalue weighted by molar-refractivity contribution is 0.247. The molecule has 0 aliphatic heterocycles. The molecule has 0 fully saturated rings. The van der Waals surface area contributed by atoms with Crippen LogP contribution in [0.5, 0.6) is 0 Å². The Morgan fingerprint density at radius 3 is 2.45 bits per heavy atom. The summed E-state index contributed by atoms with van der Waals surface area (Å²) in [5.41, 5.74) is 1.48. The summed E-state index contributed by atoms with van der Waals surface area (Å²) in [7, 11) is 0. The fraction of sp³-hybridized carbons (Fsp3) is 0.250. The van der Waals surface area contributed by atoms with Gasteiger partial charge in [0.1, 0.15) is 0 Å². The van der Waals surface area contributed by atoms with Crippen molar-refractivity contribution in [1.29, 1.82) is 0 Å². The summed E-state index contributed by atoms with van der Waals surface area (Å²) < 4.78 is 1.42. The molecule has 2 heterocycles.